The molecule has 0 saturated heterocycles. The molecule has 3 nitrogen and oxygen atoms in total. The predicted octanol–water partition coefficient (Wildman–Crippen LogP) is 2.98. The van der Waals surface area contributed by atoms with E-state index in [1.807, 2.05) is 6.92 Å². The maximum atomic E-state index is 9.40. The van der Waals surface area contributed by atoms with Crippen molar-refractivity contribution in [3.05, 3.63) is 11.3 Å². The van der Waals surface area contributed by atoms with E-state index in [0.29, 0.717) is 5.92 Å². The highest BCUT2D eigenvalue weighted by molar-refractivity contribution is 5.29. The molecular formula is C10H17NO2. The average Bonchev–Trinajstić information content (AvgIpc) is 2.42. The lowest BCUT2D eigenvalue weighted by atomic mass is 9.96. The quantitative estimate of drug-likeness (QED) is 0.780. The number of aryl methyl sites for hydroxylation is 1. The van der Waals surface area contributed by atoms with Gasteiger partial charge in [0, 0.05) is 0 Å². The van der Waals surface area contributed by atoms with E-state index in [9.17, 15) is 5.11 Å². The van der Waals surface area contributed by atoms with Crippen LogP contribution in [0.25, 0.3) is 0 Å². The van der Waals surface area contributed by atoms with Gasteiger partial charge in [-0.15, -0.1) is 0 Å². The van der Waals surface area contributed by atoms with E-state index >= 15 is 0 Å². The number of aromatic hydroxyl groups is 1. The zero-order chi connectivity index (χ0) is 9.84. The Morgan fingerprint density at radius 2 is 2.23 bits per heavy atom. The Morgan fingerprint density at radius 3 is 2.69 bits per heavy atom. The van der Waals surface area contributed by atoms with Crippen LogP contribution in [0.15, 0.2) is 4.52 Å². The molecule has 0 aliphatic heterocycles. The second-order valence-electron chi connectivity index (χ2n) is 3.52. The Kier molecular flexibility index (Phi) is 3.34. The number of hydrogen-bond donors (Lipinski definition) is 1. The van der Waals surface area contributed by atoms with Crippen molar-refractivity contribution in [3.63, 3.8) is 0 Å². The van der Waals surface area contributed by atoms with Crippen LogP contribution in [0.5, 0.6) is 5.88 Å². The summed E-state index contributed by atoms with van der Waals surface area (Å²) < 4.78 is 4.90. The van der Waals surface area contributed by atoms with Crippen LogP contribution in [0, 0.1) is 6.92 Å². The van der Waals surface area contributed by atoms with Crippen molar-refractivity contribution in [1.82, 2.24) is 5.16 Å². The molecule has 1 atom stereocenters. The SMILES string of the molecule is CCCCC(C)c1c(O)noc1C. The molecule has 0 bridgehead atoms. The second-order valence-corrected chi connectivity index (χ2v) is 3.52. The smallest absolute Gasteiger partial charge is 0.255 e. The summed E-state index contributed by atoms with van der Waals surface area (Å²) in [6, 6.07) is 0. The fraction of sp³-hybridized carbons (Fsp3) is 0.700. The van der Waals surface area contributed by atoms with E-state index in [-0.39, 0.29) is 5.88 Å². The van der Waals surface area contributed by atoms with Crippen LogP contribution in [0.2, 0.25) is 0 Å². The summed E-state index contributed by atoms with van der Waals surface area (Å²) in [7, 11) is 0. The highest BCUT2D eigenvalue weighted by Gasteiger charge is 2.17. The van der Waals surface area contributed by atoms with Gasteiger partial charge in [-0.3, -0.25) is 0 Å². The first-order chi connectivity index (χ1) is 6.16. The second kappa shape index (κ2) is 4.30. The minimum absolute atomic E-state index is 0.0566. The van der Waals surface area contributed by atoms with Gasteiger partial charge in [0.05, 0.1) is 5.56 Å². The highest BCUT2D eigenvalue weighted by atomic mass is 16.5. The average molecular weight is 183 g/mol. The predicted molar refractivity (Wildman–Crippen MR) is 50.8 cm³/mol. The van der Waals surface area contributed by atoms with E-state index < -0.39 is 0 Å². The Labute approximate surface area is 78.7 Å². The largest absolute Gasteiger partial charge is 0.491 e. The van der Waals surface area contributed by atoms with Crippen molar-refractivity contribution < 1.29 is 9.63 Å². The highest BCUT2D eigenvalue weighted by Crippen LogP contribution is 2.31. The van der Waals surface area contributed by atoms with Gasteiger partial charge in [0.1, 0.15) is 5.76 Å². The molecule has 0 aliphatic carbocycles. The van der Waals surface area contributed by atoms with Gasteiger partial charge in [0.2, 0.25) is 0 Å². The fourth-order valence-corrected chi connectivity index (χ4v) is 1.59. The lowest BCUT2D eigenvalue weighted by molar-refractivity contribution is 0.348. The van der Waals surface area contributed by atoms with Crippen molar-refractivity contribution in [2.24, 2.45) is 0 Å². The maximum Gasteiger partial charge on any atom is 0.255 e. The first-order valence-electron chi connectivity index (χ1n) is 4.82. The van der Waals surface area contributed by atoms with E-state index in [4.69, 9.17) is 4.52 Å². The van der Waals surface area contributed by atoms with Crippen LogP contribution in [0.4, 0.5) is 0 Å². The summed E-state index contributed by atoms with van der Waals surface area (Å²) in [4.78, 5) is 0. The molecule has 3 heteroatoms. The molecule has 1 aromatic heterocycles. The summed E-state index contributed by atoms with van der Waals surface area (Å²) >= 11 is 0. The Balaban J connectivity index is 2.69. The van der Waals surface area contributed by atoms with Crippen LogP contribution >= 0.6 is 0 Å². The van der Waals surface area contributed by atoms with Crippen molar-refractivity contribution in [1.29, 1.82) is 0 Å². The third-order valence-electron chi connectivity index (χ3n) is 2.37. The van der Waals surface area contributed by atoms with E-state index in [0.717, 1.165) is 17.7 Å². The van der Waals surface area contributed by atoms with Crippen molar-refractivity contribution >= 4 is 0 Å². The molecule has 1 rings (SSSR count). The van der Waals surface area contributed by atoms with E-state index in [2.05, 4.69) is 19.0 Å². The molecule has 74 valence electrons. The molecular weight excluding hydrogens is 166 g/mol. The summed E-state index contributed by atoms with van der Waals surface area (Å²) in [6.45, 7) is 6.09. The van der Waals surface area contributed by atoms with Crippen LogP contribution in [0.3, 0.4) is 0 Å². The number of rotatable bonds is 4. The topological polar surface area (TPSA) is 46.3 Å². The van der Waals surface area contributed by atoms with Gasteiger partial charge in [0.15, 0.2) is 0 Å². The maximum absolute atomic E-state index is 9.40. The number of hydrogen-bond acceptors (Lipinski definition) is 3. The molecule has 0 aromatic carbocycles. The molecule has 0 aliphatic rings. The Bertz CT molecular complexity index is 248. The number of unbranched alkanes of at least 4 members (excludes halogenated alkanes) is 1. The monoisotopic (exact) mass is 183 g/mol. The first kappa shape index (κ1) is 10.1. The van der Waals surface area contributed by atoms with Gasteiger partial charge in [-0.25, -0.2) is 0 Å². The molecule has 0 amide bonds. The minimum atomic E-state index is 0.0566. The Morgan fingerprint density at radius 1 is 1.54 bits per heavy atom. The zero-order valence-corrected chi connectivity index (χ0v) is 8.50. The number of aromatic nitrogens is 1. The van der Waals surface area contributed by atoms with Crippen LogP contribution in [-0.2, 0) is 0 Å². The van der Waals surface area contributed by atoms with Crippen LogP contribution in [0.1, 0.15) is 50.4 Å². The Hall–Kier alpha value is -0.990. The zero-order valence-electron chi connectivity index (χ0n) is 8.50. The molecule has 1 unspecified atom stereocenters. The molecule has 0 radical (unpaired) electrons. The molecule has 0 fully saturated rings. The fourth-order valence-electron chi connectivity index (χ4n) is 1.59. The summed E-state index contributed by atoms with van der Waals surface area (Å²) in [6.07, 6.45) is 3.42. The van der Waals surface area contributed by atoms with Crippen molar-refractivity contribution in [2.45, 2.75) is 46.0 Å². The van der Waals surface area contributed by atoms with Crippen molar-refractivity contribution in [3.8, 4) is 5.88 Å². The van der Waals surface area contributed by atoms with Gasteiger partial charge in [-0.2, -0.15) is 0 Å². The van der Waals surface area contributed by atoms with E-state index in [1.165, 1.54) is 12.8 Å². The standard InChI is InChI=1S/C10H17NO2/c1-4-5-6-7(2)9-8(3)13-11-10(9)12/h7H,4-6H2,1-3H3,(H,11,12). The van der Waals surface area contributed by atoms with Crippen LogP contribution < -0.4 is 0 Å². The first-order valence-corrected chi connectivity index (χ1v) is 4.82. The van der Waals surface area contributed by atoms with Gasteiger partial charge >= 0.3 is 0 Å². The summed E-state index contributed by atoms with van der Waals surface area (Å²) in [5.41, 5.74) is 0.869. The van der Waals surface area contributed by atoms with Gasteiger partial charge in [-0.1, -0.05) is 26.7 Å². The lowest BCUT2D eigenvalue weighted by Gasteiger charge is -2.08. The molecule has 1 N–H and O–H groups in total. The van der Waals surface area contributed by atoms with Gasteiger partial charge < -0.3 is 9.63 Å². The molecule has 0 saturated carbocycles. The normalized spacial score (nSPS) is 13.2. The summed E-state index contributed by atoms with van der Waals surface area (Å²) in [5, 5.41) is 12.9. The van der Waals surface area contributed by atoms with Gasteiger partial charge in [-0.05, 0) is 24.4 Å². The van der Waals surface area contributed by atoms with Gasteiger partial charge in [0.25, 0.3) is 5.88 Å². The third-order valence-corrected chi connectivity index (χ3v) is 2.37. The van der Waals surface area contributed by atoms with Crippen LogP contribution in [-0.4, -0.2) is 10.3 Å². The minimum Gasteiger partial charge on any atom is -0.491 e. The lowest BCUT2D eigenvalue weighted by Crippen LogP contribution is -1.94. The summed E-state index contributed by atoms with van der Waals surface area (Å²) in [5.74, 6) is 1.13. The number of nitrogens with zero attached hydrogens (tertiary/aromatic N) is 1. The molecule has 1 aromatic rings. The molecule has 13 heavy (non-hydrogen) atoms. The van der Waals surface area contributed by atoms with E-state index in [1.54, 1.807) is 0 Å². The molecule has 1 heterocycles. The van der Waals surface area contributed by atoms with Crippen molar-refractivity contribution in [2.75, 3.05) is 0 Å². The molecule has 0 spiro atoms. The third kappa shape index (κ3) is 2.23.